The van der Waals surface area contributed by atoms with Crippen molar-refractivity contribution in [3.8, 4) is 22.6 Å². The van der Waals surface area contributed by atoms with E-state index in [0.29, 0.717) is 50.9 Å². The van der Waals surface area contributed by atoms with Crippen LogP contribution in [-0.4, -0.2) is 113 Å². The number of nitrogens with one attached hydrogen (secondary N) is 2. The lowest BCUT2D eigenvalue weighted by molar-refractivity contribution is -0.155. The van der Waals surface area contributed by atoms with E-state index in [1.165, 1.54) is 33.8 Å². The van der Waals surface area contributed by atoms with Gasteiger partial charge in [0.2, 0.25) is 17.7 Å². The molecule has 5 aliphatic heterocycles. The van der Waals surface area contributed by atoms with Crippen molar-refractivity contribution in [1.82, 2.24) is 30.2 Å². The largest absolute Gasteiger partial charge is 0.488 e. The summed E-state index contributed by atoms with van der Waals surface area (Å²) >= 11 is 6.73. The van der Waals surface area contributed by atoms with Crippen LogP contribution < -0.4 is 30.7 Å². The smallest absolute Gasteiger partial charge is 0.329 e. The minimum atomic E-state index is -1.13. The highest BCUT2D eigenvalue weighted by atomic mass is 35.5. The Morgan fingerprint density at radius 2 is 1.67 bits per heavy atom. The van der Waals surface area contributed by atoms with Crippen molar-refractivity contribution in [3.05, 3.63) is 105 Å². The summed E-state index contributed by atoms with van der Waals surface area (Å²) in [6, 6.07) is 14.0. The molecule has 76 heavy (non-hydrogen) atoms. The third-order valence-electron chi connectivity index (χ3n) is 17.5. The number of nitrogens with two attached hydrogens (primary N) is 1. The molecule has 6 heterocycles. The van der Waals surface area contributed by atoms with Crippen molar-refractivity contribution in [2.24, 2.45) is 24.1 Å². The van der Waals surface area contributed by atoms with Crippen molar-refractivity contribution in [1.29, 1.82) is 0 Å². The molecule has 15 nitrogen and oxygen atoms in total. The standard InChI is InChI=1S/C56H61ClF4N8O7/c1-30-43-41(25-39(59)47(57)46(43)45-36(51(62)72)12-13-40(48(45)60)75-23-22-70)76-56(30,33-6-4-3-5-7-33)28-63-34-10-8-32(9-11-34)53(73)68-21-17-55(26-35(68)27-55)29-67-18-14-31(15-19-67)44-38(58)24-37-50(49(44)61)66(2)65-52(37)69-20-16-42(71)64-54(69)74/h3-7,12-13,24-25,30-32,34-35,63,70H,8-11,14-23,26-29H2,1-2H3,(H2,62,72)(H,64,71,74). The zero-order chi connectivity index (χ0) is 53.4. The second-order valence-corrected chi connectivity index (χ2v) is 22.2. The lowest BCUT2D eigenvalue weighted by Crippen LogP contribution is -2.63. The van der Waals surface area contributed by atoms with Crippen LogP contribution in [0.1, 0.15) is 110 Å². The first-order chi connectivity index (χ1) is 36.5. The topological polar surface area (TPSA) is 185 Å². The van der Waals surface area contributed by atoms with Crippen LogP contribution in [0, 0.1) is 34.6 Å². The molecule has 2 unspecified atom stereocenters. The highest BCUT2D eigenvalue weighted by molar-refractivity contribution is 6.34. The monoisotopic (exact) mass is 1070 g/mol. The van der Waals surface area contributed by atoms with E-state index in [2.05, 4.69) is 25.5 Å². The molecule has 2 aliphatic carbocycles. The number of halogens is 5. The van der Waals surface area contributed by atoms with Gasteiger partial charge in [-0.2, -0.15) is 5.10 Å². The number of carbonyl (C=O) groups is 4. The fourth-order valence-corrected chi connectivity index (χ4v) is 13.8. The number of anilines is 1. The van der Waals surface area contributed by atoms with E-state index in [1.807, 2.05) is 37.3 Å². The van der Waals surface area contributed by atoms with Crippen LogP contribution in [0.25, 0.3) is 22.0 Å². The van der Waals surface area contributed by atoms with Crippen LogP contribution in [0.15, 0.2) is 54.6 Å². The van der Waals surface area contributed by atoms with Gasteiger partial charge >= 0.3 is 6.03 Å². The van der Waals surface area contributed by atoms with Crippen LogP contribution in [0.4, 0.5) is 28.2 Å². The molecular weight excluding hydrogens is 1010 g/mol. The number of ether oxygens (including phenoxy) is 2. The minimum Gasteiger partial charge on any atom is -0.488 e. The van der Waals surface area contributed by atoms with Crippen molar-refractivity contribution in [2.75, 3.05) is 57.4 Å². The highest BCUT2D eigenvalue weighted by Gasteiger charge is 2.54. The van der Waals surface area contributed by atoms with Crippen molar-refractivity contribution >= 4 is 52.1 Å². The van der Waals surface area contributed by atoms with E-state index in [0.717, 1.165) is 44.2 Å². The van der Waals surface area contributed by atoms with Gasteiger partial charge in [-0.05, 0) is 106 Å². The molecule has 20 heteroatoms. The van der Waals surface area contributed by atoms with Crippen LogP contribution in [0.3, 0.4) is 0 Å². The van der Waals surface area contributed by atoms with Crippen LogP contribution in [0.5, 0.6) is 11.5 Å². The maximum atomic E-state index is 16.5. The fourth-order valence-electron chi connectivity index (χ4n) is 13.5. The Bertz CT molecular complexity index is 3130. The van der Waals surface area contributed by atoms with Gasteiger partial charge in [-0.15, -0.1) is 0 Å². The number of aryl methyl sites for hydroxylation is 1. The number of aromatic nitrogens is 2. The molecule has 2 bridgehead atoms. The number of benzene rings is 4. The average molecular weight is 1070 g/mol. The van der Waals surface area contributed by atoms with Gasteiger partial charge in [0.1, 0.15) is 29.5 Å². The number of imide groups is 1. The molecule has 6 fully saturated rings. The van der Waals surface area contributed by atoms with E-state index in [4.69, 9.17) is 26.8 Å². The molecule has 2 atom stereocenters. The molecule has 0 spiro atoms. The van der Waals surface area contributed by atoms with Crippen molar-refractivity contribution in [3.63, 3.8) is 0 Å². The number of piperidine rings is 3. The normalized spacial score (nSPS) is 25.8. The number of urea groups is 1. The van der Waals surface area contributed by atoms with Gasteiger partial charge in [0, 0.05) is 91.9 Å². The lowest BCUT2D eigenvalue weighted by atomic mass is 9.59. The van der Waals surface area contributed by atoms with Crippen molar-refractivity contribution in [2.45, 2.75) is 101 Å². The molecule has 7 aliphatic rings. The predicted molar refractivity (Wildman–Crippen MR) is 275 cm³/mol. The molecule has 0 radical (unpaired) electrons. The molecule has 12 rings (SSSR count). The summed E-state index contributed by atoms with van der Waals surface area (Å²) in [5.41, 5.74) is 5.46. The number of fused-ring (bicyclic) bond motifs is 4. The van der Waals surface area contributed by atoms with E-state index in [1.54, 1.807) is 7.05 Å². The average Bonchev–Trinajstić information content (AvgIpc) is 3.89. The Morgan fingerprint density at radius 1 is 0.934 bits per heavy atom. The number of likely N-dealkylation sites (tertiary alicyclic amines) is 1. The van der Waals surface area contributed by atoms with Gasteiger partial charge in [0.05, 0.1) is 22.6 Å². The number of hydrogen-bond acceptors (Lipinski definition) is 10. The summed E-state index contributed by atoms with van der Waals surface area (Å²) in [4.78, 5) is 57.1. The minimum absolute atomic E-state index is 0.0344. The van der Waals surface area contributed by atoms with E-state index < -0.39 is 64.3 Å². The molecule has 1 aromatic heterocycles. The molecule has 5 aromatic rings. The molecule has 5 amide bonds. The Balaban J connectivity index is 0.706. The first kappa shape index (κ1) is 51.8. The van der Waals surface area contributed by atoms with Crippen LogP contribution in [0.2, 0.25) is 5.02 Å². The van der Waals surface area contributed by atoms with Crippen molar-refractivity contribution < 1.29 is 51.3 Å². The SMILES string of the molecule is CC1c2c(cc(F)c(Cl)c2-c2c(C(N)=O)ccc(OCCO)c2F)OC1(CNC1CCC(C(=O)N2CCC3(CN4CCC(c5c(F)cc6c(N7CCC(=O)NC7=O)nn(C)c6c5F)CC4)CC2C3)CC1)c1ccccc1. The summed E-state index contributed by atoms with van der Waals surface area (Å²) in [6.45, 7) is 4.58. The number of amides is 5. The van der Waals surface area contributed by atoms with Crippen LogP contribution >= 0.6 is 11.6 Å². The Morgan fingerprint density at radius 3 is 2.34 bits per heavy atom. The Hall–Kier alpha value is -6.28. The summed E-state index contributed by atoms with van der Waals surface area (Å²) in [7, 11) is 1.56. The first-order valence-electron chi connectivity index (χ1n) is 26.4. The predicted octanol–water partition coefficient (Wildman–Crippen LogP) is 8.17. The first-order valence-corrected chi connectivity index (χ1v) is 26.7. The number of carbonyl (C=O) groups excluding carboxylic acids is 4. The fraction of sp³-hybridized carbons (Fsp3) is 0.482. The van der Waals surface area contributed by atoms with Gasteiger partial charge in [0.25, 0.3) is 0 Å². The maximum absolute atomic E-state index is 16.5. The second kappa shape index (κ2) is 20.3. The van der Waals surface area contributed by atoms with E-state index >= 15 is 17.6 Å². The van der Waals surface area contributed by atoms with E-state index in [9.17, 15) is 24.3 Å². The molecule has 4 saturated heterocycles. The molecule has 2 saturated carbocycles. The summed E-state index contributed by atoms with van der Waals surface area (Å²) < 4.78 is 78.2. The zero-order valence-electron chi connectivity index (χ0n) is 42.4. The maximum Gasteiger partial charge on any atom is 0.329 e. The van der Waals surface area contributed by atoms with Gasteiger partial charge < -0.3 is 35.4 Å². The van der Waals surface area contributed by atoms with Gasteiger partial charge in [0.15, 0.2) is 28.8 Å². The summed E-state index contributed by atoms with van der Waals surface area (Å²) in [5, 5.41) is 19.5. The highest BCUT2D eigenvalue weighted by Crippen LogP contribution is 2.57. The number of rotatable bonds is 14. The van der Waals surface area contributed by atoms with Gasteiger partial charge in [-0.25, -0.2) is 22.4 Å². The number of nitrogens with zero attached hydrogens (tertiary/aromatic N) is 5. The second-order valence-electron chi connectivity index (χ2n) is 21.8. The number of aliphatic hydroxyl groups excluding tert-OH is 1. The quantitative estimate of drug-likeness (QED) is 0.0792. The molecule has 4 aromatic carbocycles. The molecular formula is C56H61ClF4N8O7. The van der Waals surface area contributed by atoms with Gasteiger partial charge in [-0.1, -0.05) is 48.9 Å². The lowest BCUT2D eigenvalue weighted by Gasteiger charge is -2.59. The Labute approximate surface area is 442 Å². The number of primary amides is 1. The summed E-state index contributed by atoms with van der Waals surface area (Å²) in [5.74, 6) is -5.39. The molecule has 402 valence electrons. The van der Waals surface area contributed by atoms with Crippen LogP contribution in [-0.2, 0) is 22.2 Å². The number of hydrogen-bond donors (Lipinski definition) is 4. The zero-order valence-corrected chi connectivity index (χ0v) is 43.2. The molecule has 5 N–H and O–H groups in total. The third kappa shape index (κ3) is 8.93. The summed E-state index contributed by atoms with van der Waals surface area (Å²) in [6.07, 6.45) is 6.89. The van der Waals surface area contributed by atoms with E-state index in [-0.39, 0.29) is 112 Å². The van der Waals surface area contributed by atoms with Gasteiger partial charge in [-0.3, -0.25) is 29.3 Å². The number of aliphatic hydroxyl groups is 1. The Kier molecular flexibility index (Phi) is 13.8. The third-order valence-corrected chi connectivity index (χ3v) is 17.8.